The number of carbonyl (C=O) groups is 1. The summed E-state index contributed by atoms with van der Waals surface area (Å²) in [5, 5.41) is 3.95. The van der Waals surface area contributed by atoms with Crippen LogP contribution in [0.25, 0.3) is 0 Å². The Labute approximate surface area is 128 Å². The Balaban J connectivity index is 2.08. The van der Waals surface area contributed by atoms with E-state index in [1.54, 1.807) is 18.2 Å². The second-order valence-electron chi connectivity index (χ2n) is 5.16. The second kappa shape index (κ2) is 6.97. The Hall–Kier alpha value is -1.23. The molecular weight excluding hydrogens is 322 g/mol. The number of rotatable bonds is 5. The predicted octanol–water partition coefficient (Wildman–Crippen LogP) is 3.00. The van der Waals surface area contributed by atoms with Crippen LogP contribution in [0.15, 0.2) is 18.2 Å². The van der Waals surface area contributed by atoms with Gasteiger partial charge in [0.15, 0.2) is 11.5 Å². The molecule has 1 amide bonds. The van der Waals surface area contributed by atoms with Gasteiger partial charge in [-0.3, -0.25) is 4.79 Å². The molecule has 0 aliphatic carbocycles. The van der Waals surface area contributed by atoms with E-state index in [1.807, 2.05) is 0 Å². The van der Waals surface area contributed by atoms with Gasteiger partial charge < -0.3 is 14.8 Å². The number of hydrogen-bond acceptors (Lipinski definition) is 3. The molecule has 1 aliphatic heterocycles. The quantitative estimate of drug-likeness (QED) is 0.837. The zero-order valence-electron chi connectivity index (χ0n) is 11.8. The summed E-state index contributed by atoms with van der Waals surface area (Å²) in [5.41, 5.74) is 0.606. The molecule has 0 bridgehead atoms. The van der Waals surface area contributed by atoms with Crippen LogP contribution in [0.3, 0.4) is 0 Å². The molecule has 0 fully saturated rings. The van der Waals surface area contributed by atoms with E-state index in [-0.39, 0.29) is 11.9 Å². The van der Waals surface area contributed by atoms with Crippen molar-refractivity contribution in [2.75, 3.05) is 18.5 Å². The maximum Gasteiger partial charge on any atom is 0.251 e. The Bertz CT molecular complexity index is 476. The molecule has 1 atom stereocenters. The minimum absolute atomic E-state index is 0.0679. The SMILES string of the molecule is CC(C)C(CCBr)NC(=O)c1ccc2c(c1)OCCO2. The zero-order valence-corrected chi connectivity index (χ0v) is 13.4. The summed E-state index contributed by atoms with van der Waals surface area (Å²) in [5.74, 6) is 1.68. The van der Waals surface area contributed by atoms with Crippen LogP contribution in [-0.4, -0.2) is 30.5 Å². The maximum absolute atomic E-state index is 12.3. The molecule has 1 unspecified atom stereocenters. The fourth-order valence-corrected chi connectivity index (χ4v) is 2.62. The summed E-state index contributed by atoms with van der Waals surface area (Å²) in [6.07, 6.45) is 0.911. The smallest absolute Gasteiger partial charge is 0.251 e. The van der Waals surface area contributed by atoms with Crippen molar-refractivity contribution in [1.29, 1.82) is 0 Å². The molecule has 0 aromatic heterocycles. The van der Waals surface area contributed by atoms with E-state index in [4.69, 9.17) is 9.47 Å². The van der Waals surface area contributed by atoms with Crippen molar-refractivity contribution in [3.8, 4) is 11.5 Å². The number of ether oxygens (including phenoxy) is 2. The first kappa shape index (κ1) is 15.2. The van der Waals surface area contributed by atoms with Crippen molar-refractivity contribution in [3.63, 3.8) is 0 Å². The first-order valence-electron chi connectivity index (χ1n) is 6.88. The van der Waals surface area contributed by atoms with Gasteiger partial charge in [-0.25, -0.2) is 0 Å². The van der Waals surface area contributed by atoms with Gasteiger partial charge in [0.05, 0.1) is 0 Å². The molecule has 0 radical (unpaired) electrons. The third-order valence-corrected chi connectivity index (χ3v) is 3.80. The van der Waals surface area contributed by atoms with E-state index in [0.29, 0.717) is 36.2 Å². The summed E-state index contributed by atoms with van der Waals surface area (Å²) in [7, 11) is 0. The summed E-state index contributed by atoms with van der Waals surface area (Å²) in [6, 6.07) is 5.47. The van der Waals surface area contributed by atoms with E-state index in [2.05, 4.69) is 35.1 Å². The molecule has 4 nitrogen and oxygen atoms in total. The zero-order chi connectivity index (χ0) is 14.5. The van der Waals surface area contributed by atoms with Gasteiger partial charge in [-0.2, -0.15) is 0 Å². The Morgan fingerprint density at radius 2 is 2.00 bits per heavy atom. The second-order valence-corrected chi connectivity index (χ2v) is 5.95. The fourth-order valence-electron chi connectivity index (χ4n) is 2.13. The van der Waals surface area contributed by atoms with Gasteiger partial charge in [-0.15, -0.1) is 0 Å². The summed E-state index contributed by atoms with van der Waals surface area (Å²) >= 11 is 3.43. The Morgan fingerprint density at radius 3 is 2.65 bits per heavy atom. The lowest BCUT2D eigenvalue weighted by Gasteiger charge is -2.22. The van der Waals surface area contributed by atoms with Crippen LogP contribution in [-0.2, 0) is 0 Å². The van der Waals surface area contributed by atoms with Crippen LogP contribution in [0.1, 0.15) is 30.6 Å². The third kappa shape index (κ3) is 3.66. The minimum atomic E-state index is -0.0679. The van der Waals surface area contributed by atoms with Crippen molar-refractivity contribution in [2.24, 2.45) is 5.92 Å². The lowest BCUT2D eigenvalue weighted by molar-refractivity contribution is 0.0924. The fraction of sp³-hybridized carbons (Fsp3) is 0.533. The van der Waals surface area contributed by atoms with Crippen molar-refractivity contribution < 1.29 is 14.3 Å². The van der Waals surface area contributed by atoms with Gasteiger partial charge in [0.1, 0.15) is 13.2 Å². The highest BCUT2D eigenvalue weighted by atomic mass is 79.9. The highest BCUT2D eigenvalue weighted by Gasteiger charge is 2.19. The maximum atomic E-state index is 12.3. The molecule has 1 N–H and O–H groups in total. The molecule has 2 rings (SSSR count). The van der Waals surface area contributed by atoms with E-state index < -0.39 is 0 Å². The molecule has 0 saturated carbocycles. The van der Waals surface area contributed by atoms with E-state index >= 15 is 0 Å². The first-order valence-corrected chi connectivity index (χ1v) is 8.00. The van der Waals surface area contributed by atoms with Crippen LogP contribution >= 0.6 is 15.9 Å². The molecule has 1 aromatic carbocycles. The molecule has 20 heavy (non-hydrogen) atoms. The molecule has 110 valence electrons. The van der Waals surface area contributed by atoms with Crippen molar-refractivity contribution in [2.45, 2.75) is 26.3 Å². The molecule has 1 aliphatic rings. The number of carbonyl (C=O) groups excluding carboxylic acids is 1. The van der Waals surface area contributed by atoms with Crippen molar-refractivity contribution >= 4 is 21.8 Å². The number of fused-ring (bicyclic) bond motifs is 1. The largest absolute Gasteiger partial charge is 0.486 e. The molecule has 0 saturated heterocycles. The Kier molecular flexibility index (Phi) is 5.29. The first-order chi connectivity index (χ1) is 9.61. The van der Waals surface area contributed by atoms with Crippen LogP contribution < -0.4 is 14.8 Å². The van der Waals surface area contributed by atoms with Crippen LogP contribution in [0.2, 0.25) is 0 Å². The van der Waals surface area contributed by atoms with Crippen LogP contribution in [0.5, 0.6) is 11.5 Å². The lowest BCUT2D eigenvalue weighted by Crippen LogP contribution is -2.38. The summed E-state index contributed by atoms with van der Waals surface area (Å²) < 4.78 is 11.0. The molecule has 1 aromatic rings. The predicted molar refractivity (Wildman–Crippen MR) is 81.9 cm³/mol. The number of halogens is 1. The molecular formula is C15H20BrNO3. The number of amides is 1. The number of benzene rings is 1. The molecule has 5 heteroatoms. The van der Waals surface area contributed by atoms with Crippen LogP contribution in [0, 0.1) is 5.92 Å². The number of alkyl halides is 1. The average molecular weight is 342 g/mol. The highest BCUT2D eigenvalue weighted by Crippen LogP contribution is 2.30. The van der Waals surface area contributed by atoms with E-state index in [9.17, 15) is 4.79 Å². The summed E-state index contributed by atoms with van der Waals surface area (Å²) in [6.45, 7) is 5.30. The van der Waals surface area contributed by atoms with Crippen molar-refractivity contribution in [1.82, 2.24) is 5.32 Å². The monoisotopic (exact) mass is 341 g/mol. The Morgan fingerprint density at radius 1 is 1.30 bits per heavy atom. The topological polar surface area (TPSA) is 47.6 Å². The number of hydrogen-bond donors (Lipinski definition) is 1. The summed E-state index contributed by atoms with van der Waals surface area (Å²) in [4.78, 5) is 12.3. The van der Waals surface area contributed by atoms with Gasteiger partial charge in [0.25, 0.3) is 5.91 Å². The van der Waals surface area contributed by atoms with Gasteiger partial charge in [-0.05, 0) is 30.5 Å². The van der Waals surface area contributed by atoms with Gasteiger partial charge in [-0.1, -0.05) is 29.8 Å². The molecule has 0 spiro atoms. The normalized spacial score (nSPS) is 15.0. The third-order valence-electron chi connectivity index (χ3n) is 3.35. The average Bonchev–Trinajstić information content (AvgIpc) is 2.46. The standard InChI is InChI=1S/C15H20BrNO3/c1-10(2)12(5-6-16)17-15(18)11-3-4-13-14(9-11)20-8-7-19-13/h3-4,9-10,12H,5-8H2,1-2H3,(H,17,18). The van der Waals surface area contributed by atoms with E-state index in [1.165, 1.54) is 0 Å². The van der Waals surface area contributed by atoms with Gasteiger partial charge in [0, 0.05) is 16.9 Å². The minimum Gasteiger partial charge on any atom is -0.486 e. The number of nitrogens with one attached hydrogen (secondary N) is 1. The van der Waals surface area contributed by atoms with E-state index in [0.717, 1.165) is 11.8 Å². The van der Waals surface area contributed by atoms with Crippen LogP contribution in [0.4, 0.5) is 0 Å². The van der Waals surface area contributed by atoms with Gasteiger partial charge in [0.2, 0.25) is 0 Å². The highest BCUT2D eigenvalue weighted by molar-refractivity contribution is 9.09. The molecule has 1 heterocycles. The lowest BCUT2D eigenvalue weighted by atomic mass is 10.0. The van der Waals surface area contributed by atoms with Crippen molar-refractivity contribution in [3.05, 3.63) is 23.8 Å². The van der Waals surface area contributed by atoms with Gasteiger partial charge >= 0.3 is 0 Å².